The van der Waals surface area contributed by atoms with Crippen LogP contribution in [0.15, 0.2) is 66.9 Å². The molecule has 1 fully saturated rings. The lowest BCUT2D eigenvalue weighted by molar-refractivity contribution is -0.137. The van der Waals surface area contributed by atoms with Crippen LogP contribution in [0.2, 0.25) is 0 Å². The number of benzene rings is 3. The monoisotopic (exact) mass is 568 g/mol. The molecule has 2 heterocycles. The van der Waals surface area contributed by atoms with E-state index in [9.17, 15) is 13.2 Å². The number of pyridine rings is 1. The summed E-state index contributed by atoms with van der Waals surface area (Å²) in [7, 11) is 3.10. The summed E-state index contributed by atoms with van der Waals surface area (Å²) in [6, 6.07) is 16.8. The fourth-order valence-electron chi connectivity index (χ4n) is 4.76. The Labute approximate surface area is 235 Å². The van der Waals surface area contributed by atoms with Gasteiger partial charge in [-0.15, -0.1) is 0 Å². The smallest absolute Gasteiger partial charge is 0.418 e. The van der Waals surface area contributed by atoms with Crippen LogP contribution in [0.4, 0.5) is 18.9 Å². The van der Waals surface area contributed by atoms with Crippen molar-refractivity contribution in [1.29, 1.82) is 0 Å². The number of hydrogen-bond donors (Lipinski definition) is 2. The van der Waals surface area contributed by atoms with Crippen molar-refractivity contribution < 1.29 is 32.2 Å². The Balaban J connectivity index is 0.00000124. The lowest BCUT2D eigenvalue weighted by atomic mass is 9.99. The van der Waals surface area contributed by atoms with Crippen molar-refractivity contribution in [1.82, 2.24) is 4.98 Å². The van der Waals surface area contributed by atoms with Gasteiger partial charge < -0.3 is 30.6 Å². The number of ether oxygens (including phenoxy) is 3. The minimum absolute atomic E-state index is 0.0308. The molecule has 11 heteroatoms. The molecule has 4 aromatic rings. The van der Waals surface area contributed by atoms with Crippen LogP contribution in [0.1, 0.15) is 18.4 Å². The highest BCUT2D eigenvalue weighted by Gasteiger charge is 2.36. The summed E-state index contributed by atoms with van der Waals surface area (Å²) in [5, 5.41) is 0.709. The zero-order valence-electron chi connectivity index (χ0n) is 22.6. The van der Waals surface area contributed by atoms with Crippen molar-refractivity contribution >= 4 is 23.0 Å². The van der Waals surface area contributed by atoms with Gasteiger partial charge in [0.1, 0.15) is 11.5 Å². The second-order valence-electron chi connectivity index (χ2n) is 9.35. The van der Waals surface area contributed by atoms with E-state index in [-0.39, 0.29) is 18.1 Å². The summed E-state index contributed by atoms with van der Waals surface area (Å²) in [5.41, 5.74) is 11.4. The van der Waals surface area contributed by atoms with Crippen molar-refractivity contribution in [2.24, 2.45) is 11.5 Å². The number of aromatic nitrogens is 1. The first kappa shape index (κ1) is 29.5. The zero-order chi connectivity index (χ0) is 29.6. The number of anilines is 1. The summed E-state index contributed by atoms with van der Waals surface area (Å²) in [5.74, 6) is 2.08. The molecule has 0 saturated carbocycles. The number of nitrogens with two attached hydrogens (primary N) is 2. The standard InChI is InChI=1S/C29H28F3N3O3.CH3NO/c1-36-27-16-22-24(17-28(27)37-2)34-11-8-26(22)38-21-5-3-4-18(14-21)19-6-7-25(23(15-19)29(30,31)32)35-12-9-20(33)10-13-35;2-1-3/h3-8,11,14-17,20H,9-10,12-13,33H2,1-2H3;1H,(H2,2,3). The van der Waals surface area contributed by atoms with Gasteiger partial charge in [-0.2, -0.15) is 13.2 Å². The molecule has 0 radical (unpaired) electrons. The van der Waals surface area contributed by atoms with Crippen LogP contribution in [0.3, 0.4) is 0 Å². The van der Waals surface area contributed by atoms with E-state index >= 15 is 0 Å². The summed E-state index contributed by atoms with van der Waals surface area (Å²) in [4.78, 5) is 14.7. The number of piperidine rings is 1. The lowest BCUT2D eigenvalue weighted by Gasteiger charge is -2.33. The molecule has 0 bridgehead atoms. The van der Waals surface area contributed by atoms with E-state index in [0.29, 0.717) is 71.0 Å². The Bertz CT molecular complexity index is 1510. The number of fused-ring (bicyclic) bond motifs is 1. The van der Waals surface area contributed by atoms with E-state index in [1.807, 2.05) is 0 Å². The number of carbonyl (C=O) groups is 1. The van der Waals surface area contributed by atoms with Crippen LogP contribution in [0.25, 0.3) is 22.0 Å². The SMILES string of the molecule is COc1cc2nccc(Oc3cccc(-c4ccc(N5CCC(N)CC5)c(C(F)(F)F)c4)c3)c2cc1OC.NC=O. The normalized spacial score (nSPS) is 13.8. The quantitative estimate of drug-likeness (QED) is 0.285. The Morgan fingerprint density at radius 1 is 0.927 bits per heavy atom. The van der Waals surface area contributed by atoms with Crippen LogP contribution < -0.4 is 30.6 Å². The number of amides is 1. The number of carbonyl (C=O) groups excluding carboxylic acids is 1. The predicted molar refractivity (Wildman–Crippen MR) is 151 cm³/mol. The molecule has 1 saturated heterocycles. The van der Waals surface area contributed by atoms with Crippen molar-refractivity contribution in [3.63, 3.8) is 0 Å². The third kappa shape index (κ3) is 6.80. The Morgan fingerprint density at radius 2 is 1.59 bits per heavy atom. The van der Waals surface area contributed by atoms with Crippen LogP contribution >= 0.6 is 0 Å². The van der Waals surface area contributed by atoms with Crippen molar-refractivity contribution in [3.8, 4) is 34.1 Å². The molecular weight excluding hydrogens is 537 g/mol. The van der Waals surface area contributed by atoms with E-state index in [0.717, 1.165) is 0 Å². The van der Waals surface area contributed by atoms with Gasteiger partial charge in [-0.1, -0.05) is 18.2 Å². The van der Waals surface area contributed by atoms with Gasteiger partial charge in [0.25, 0.3) is 0 Å². The van der Waals surface area contributed by atoms with Crippen molar-refractivity contribution in [2.75, 3.05) is 32.2 Å². The molecule has 4 N–H and O–H groups in total. The average molecular weight is 569 g/mol. The van der Waals surface area contributed by atoms with Crippen molar-refractivity contribution in [3.05, 3.63) is 72.4 Å². The maximum absolute atomic E-state index is 14.1. The molecule has 5 rings (SSSR count). The summed E-state index contributed by atoms with van der Waals surface area (Å²) >= 11 is 0. The number of hydrogen-bond acceptors (Lipinski definition) is 7. The molecule has 3 aromatic carbocycles. The molecule has 0 spiro atoms. The number of rotatable bonds is 6. The van der Waals surface area contributed by atoms with Crippen LogP contribution in [0.5, 0.6) is 23.0 Å². The third-order valence-electron chi connectivity index (χ3n) is 6.78. The number of primary amides is 1. The highest BCUT2D eigenvalue weighted by Crippen LogP contribution is 2.41. The Morgan fingerprint density at radius 3 is 2.24 bits per heavy atom. The van der Waals surface area contributed by atoms with Gasteiger partial charge in [0.05, 0.1) is 25.3 Å². The number of alkyl halides is 3. The largest absolute Gasteiger partial charge is 0.493 e. The van der Waals surface area contributed by atoms with Gasteiger partial charge in [-0.05, 0) is 60.4 Å². The number of nitrogens with zero attached hydrogens (tertiary/aromatic N) is 2. The second kappa shape index (κ2) is 12.8. The summed E-state index contributed by atoms with van der Waals surface area (Å²) < 4.78 is 59.3. The Hall–Kier alpha value is -4.51. The lowest BCUT2D eigenvalue weighted by Crippen LogP contribution is -2.40. The van der Waals surface area contributed by atoms with Gasteiger partial charge in [0.2, 0.25) is 6.41 Å². The highest BCUT2D eigenvalue weighted by molar-refractivity contribution is 5.88. The Kier molecular flexibility index (Phi) is 9.18. The topological polar surface area (TPSA) is 113 Å². The van der Waals surface area contributed by atoms with Crippen LogP contribution in [-0.4, -0.2) is 44.7 Å². The van der Waals surface area contributed by atoms with Gasteiger partial charge in [0.15, 0.2) is 11.5 Å². The number of halogens is 3. The maximum atomic E-state index is 14.1. The first-order valence-corrected chi connectivity index (χ1v) is 12.8. The van der Waals surface area contributed by atoms with E-state index < -0.39 is 11.7 Å². The molecule has 41 heavy (non-hydrogen) atoms. The van der Waals surface area contributed by atoms with Gasteiger partial charge in [0, 0.05) is 42.5 Å². The molecule has 1 aliphatic rings. The fourth-order valence-corrected chi connectivity index (χ4v) is 4.76. The maximum Gasteiger partial charge on any atom is 0.418 e. The first-order chi connectivity index (χ1) is 19.7. The van der Waals surface area contributed by atoms with E-state index in [2.05, 4.69) is 10.7 Å². The zero-order valence-corrected chi connectivity index (χ0v) is 22.6. The van der Waals surface area contributed by atoms with E-state index in [1.54, 1.807) is 79.9 Å². The highest BCUT2D eigenvalue weighted by atomic mass is 19.4. The van der Waals surface area contributed by atoms with Gasteiger partial charge >= 0.3 is 6.18 Å². The minimum atomic E-state index is -4.49. The molecule has 8 nitrogen and oxygen atoms in total. The molecule has 1 amide bonds. The molecule has 0 atom stereocenters. The van der Waals surface area contributed by atoms with Crippen LogP contribution in [-0.2, 0) is 11.0 Å². The third-order valence-corrected chi connectivity index (χ3v) is 6.78. The molecule has 0 unspecified atom stereocenters. The molecule has 0 aliphatic carbocycles. The minimum Gasteiger partial charge on any atom is -0.493 e. The molecular formula is C30H31F3N4O4. The van der Waals surface area contributed by atoms with E-state index in [4.69, 9.17) is 24.7 Å². The first-order valence-electron chi connectivity index (χ1n) is 12.8. The van der Waals surface area contributed by atoms with Crippen LogP contribution in [0, 0.1) is 0 Å². The molecule has 216 valence electrons. The molecule has 1 aromatic heterocycles. The van der Waals surface area contributed by atoms with Gasteiger partial charge in [-0.3, -0.25) is 9.78 Å². The second-order valence-corrected chi connectivity index (χ2v) is 9.35. The fraction of sp³-hybridized carbons (Fsp3) is 0.267. The van der Waals surface area contributed by atoms with E-state index in [1.165, 1.54) is 6.07 Å². The molecule has 1 aliphatic heterocycles. The average Bonchev–Trinajstić information content (AvgIpc) is 2.97. The predicted octanol–water partition coefficient (Wildman–Crippen LogP) is 5.76. The van der Waals surface area contributed by atoms with Crippen molar-refractivity contribution in [2.45, 2.75) is 25.1 Å². The summed E-state index contributed by atoms with van der Waals surface area (Å²) in [6.45, 7) is 1.01. The summed E-state index contributed by atoms with van der Waals surface area (Å²) in [6.07, 6.45) is -1.29. The van der Waals surface area contributed by atoms with Gasteiger partial charge in [-0.25, -0.2) is 0 Å². The number of methoxy groups -OCH3 is 2.